The summed E-state index contributed by atoms with van der Waals surface area (Å²) in [5.74, 6) is 0.0192. The molecule has 1 aromatic carbocycles. The van der Waals surface area contributed by atoms with Gasteiger partial charge in [-0.15, -0.1) is 0 Å². The first kappa shape index (κ1) is 19.8. The van der Waals surface area contributed by atoms with Crippen LogP contribution in [0.1, 0.15) is 24.5 Å². The molecule has 0 aliphatic rings. The average molecular weight is 353 g/mol. The summed E-state index contributed by atoms with van der Waals surface area (Å²) in [6.07, 6.45) is -0.584. The molecule has 1 atom stereocenters. The molecule has 24 heavy (non-hydrogen) atoms. The van der Waals surface area contributed by atoms with Crippen LogP contribution < -0.4 is 21.3 Å². The number of rotatable bonds is 8. The molecule has 0 heterocycles. The Labute approximate surface area is 145 Å². The number of benzene rings is 1. The molecular formula is C16H23N3O4S. The number of primary amides is 1. The van der Waals surface area contributed by atoms with Crippen LogP contribution in [0.15, 0.2) is 18.2 Å². The lowest BCUT2D eigenvalue weighted by Gasteiger charge is -2.17. The summed E-state index contributed by atoms with van der Waals surface area (Å²) < 4.78 is 5.63. The van der Waals surface area contributed by atoms with Crippen molar-refractivity contribution in [3.8, 4) is 5.75 Å². The number of carbonyl (C=O) groups is 3. The molecule has 0 radical (unpaired) electrons. The standard InChI is InChI=1S/C16H23N3O4S/c1-10-5-4-6-13(11(10)2)23-12(3)16(22)19-18-15(21)7-8-24-9-14(17)20/h4-6,12H,7-9H2,1-3H3,(H2,17,20)(H,18,21)(H,19,22). The van der Waals surface area contributed by atoms with E-state index in [9.17, 15) is 14.4 Å². The normalized spacial score (nSPS) is 11.5. The van der Waals surface area contributed by atoms with E-state index < -0.39 is 17.9 Å². The Kier molecular flexibility index (Phi) is 8.11. The van der Waals surface area contributed by atoms with Crippen molar-refractivity contribution in [3.05, 3.63) is 29.3 Å². The van der Waals surface area contributed by atoms with Gasteiger partial charge in [-0.3, -0.25) is 25.2 Å². The third-order valence-corrected chi connectivity index (χ3v) is 4.25. The second-order valence-corrected chi connectivity index (χ2v) is 6.37. The predicted molar refractivity (Wildman–Crippen MR) is 93.4 cm³/mol. The fourth-order valence-electron chi connectivity index (χ4n) is 1.73. The maximum Gasteiger partial charge on any atom is 0.279 e. The lowest BCUT2D eigenvalue weighted by Crippen LogP contribution is -2.47. The maximum atomic E-state index is 12.0. The summed E-state index contributed by atoms with van der Waals surface area (Å²) >= 11 is 1.26. The predicted octanol–water partition coefficient (Wildman–Crippen LogP) is 0.827. The highest BCUT2D eigenvalue weighted by molar-refractivity contribution is 7.99. The fourth-order valence-corrected chi connectivity index (χ4v) is 2.40. The highest BCUT2D eigenvalue weighted by Gasteiger charge is 2.16. The molecule has 0 aromatic heterocycles. The molecule has 7 nitrogen and oxygen atoms in total. The minimum Gasteiger partial charge on any atom is -0.481 e. The third kappa shape index (κ3) is 6.91. The van der Waals surface area contributed by atoms with Crippen molar-refractivity contribution < 1.29 is 19.1 Å². The highest BCUT2D eigenvalue weighted by Crippen LogP contribution is 2.21. The Hall–Kier alpha value is -2.22. The summed E-state index contributed by atoms with van der Waals surface area (Å²) in [5, 5.41) is 0. The fraction of sp³-hybridized carbons (Fsp3) is 0.438. The summed E-state index contributed by atoms with van der Waals surface area (Å²) in [6.45, 7) is 5.48. The molecule has 1 rings (SSSR count). The number of hydrazine groups is 1. The first-order chi connectivity index (χ1) is 11.3. The first-order valence-electron chi connectivity index (χ1n) is 7.49. The lowest BCUT2D eigenvalue weighted by atomic mass is 10.1. The molecule has 1 aromatic rings. The van der Waals surface area contributed by atoms with E-state index >= 15 is 0 Å². The summed E-state index contributed by atoms with van der Waals surface area (Å²) in [6, 6.07) is 5.61. The second kappa shape index (κ2) is 9.82. The molecule has 3 amide bonds. The molecule has 4 N–H and O–H groups in total. The average Bonchev–Trinajstić information content (AvgIpc) is 2.53. The molecule has 1 unspecified atom stereocenters. The van der Waals surface area contributed by atoms with Crippen LogP contribution in [0.2, 0.25) is 0 Å². The van der Waals surface area contributed by atoms with Gasteiger partial charge in [0.05, 0.1) is 5.75 Å². The smallest absolute Gasteiger partial charge is 0.279 e. The summed E-state index contributed by atoms with van der Waals surface area (Å²) in [5.41, 5.74) is 11.7. The number of nitrogens with one attached hydrogen (secondary N) is 2. The Bertz CT molecular complexity index is 607. The Morgan fingerprint density at radius 2 is 1.96 bits per heavy atom. The minimum absolute atomic E-state index is 0.167. The van der Waals surface area contributed by atoms with Gasteiger partial charge in [-0.05, 0) is 38.0 Å². The van der Waals surface area contributed by atoms with Crippen molar-refractivity contribution in [1.29, 1.82) is 0 Å². The van der Waals surface area contributed by atoms with Gasteiger partial charge in [0.2, 0.25) is 11.8 Å². The van der Waals surface area contributed by atoms with Crippen LogP contribution in [-0.4, -0.2) is 35.3 Å². The van der Waals surface area contributed by atoms with Crippen molar-refractivity contribution in [2.24, 2.45) is 5.73 Å². The summed E-state index contributed by atoms with van der Waals surface area (Å²) in [4.78, 5) is 34.1. The zero-order valence-corrected chi connectivity index (χ0v) is 14.9. The van der Waals surface area contributed by atoms with E-state index in [4.69, 9.17) is 10.5 Å². The van der Waals surface area contributed by atoms with Crippen molar-refractivity contribution >= 4 is 29.5 Å². The minimum atomic E-state index is -0.755. The van der Waals surface area contributed by atoms with Crippen LogP contribution in [0.5, 0.6) is 5.75 Å². The SMILES string of the molecule is Cc1cccc(OC(C)C(=O)NNC(=O)CCSCC(N)=O)c1C. The van der Waals surface area contributed by atoms with Crippen LogP contribution in [-0.2, 0) is 14.4 Å². The van der Waals surface area contributed by atoms with Gasteiger partial charge < -0.3 is 10.5 Å². The number of nitrogens with two attached hydrogens (primary N) is 1. The van der Waals surface area contributed by atoms with Crippen molar-refractivity contribution in [2.45, 2.75) is 33.3 Å². The quantitative estimate of drug-likeness (QED) is 0.473. The molecule has 8 heteroatoms. The van der Waals surface area contributed by atoms with Crippen molar-refractivity contribution in [3.63, 3.8) is 0 Å². The van der Waals surface area contributed by atoms with Crippen LogP contribution in [0.3, 0.4) is 0 Å². The number of hydrogen-bond donors (Lipinski definition) is 3. The van der Waals surface area contributed by atoms with Crippen molar-refractivity contribution in [1.82, 2.24) is 10.9 Å². The topological polar surface area (TPSA) is 111 Å². The van der Waals surface area contributed by atoms with E-state index in [1.165, 1.54) is 11.8 Å². The molecule has 0 fully saturated rings. The van der Waals surface area contributed by atoms with E-state index in [0.717, 1.165) is 11.1 Å². The third-order valence-electron chi connectivity index (χ3n) is 3.27. The second-order valence-electron chi connectivity index (χ2n) is 5.26. The zero-order chi connectivity index (χ0) is 18.1. The molecule has 0 aliphatic carbocycles. The zero-order valence-electron chi connectivity index (χ0n) is 14.0. The Morgan fingerprint density at radius 3 is 2.62 bits per heavy atom. The number of hydrogen-bond acceptors (Lipinski definition) is 5. The van der Waals surface area contributed by atoms with Gasteiger partial charge in [-0.2, -0.15) is 11.8 Å². The van der Waals surface area contributed by atoms with E-state index in [-0.39, 0.29) is 18.1 Å². The van der Waals surface area contributed by atoms with E-state index in [2.05, 4.69) is 10.9 Å². The van der Waals surface area contributed by atoms with Crippen molar-refractivity contribution in [2.75, 3.05) is 11.5 Å². The summed E-state index contributed by atoms with van der Waals surface area (Å²) in [7, 11) is 0. The number of aryl methyl sites for hydroxylation is 1. The van der Waals surface area contributed by atoms with E-state index in [1.807, 2.05) is 26.0 Å². The highest BCUT2D eigenvalue weighted by atomic mass is 32.2. The van der Waals surface area contributed by atoms with Gasteiger partial charge >= 0.3 is 0 Å². The van der Waals surface area contributed by atoms with Gasteiger partial charge in [0.25, 0.3) is 5.91 Å². The maximum absolute atomic E-state index is 12.0. The number of ether oxygens (including phenoxy) is 1. The molecule has 0 aliphatic heterocycles. The van der Waals surface area contributed by atoms with Gasteiger partial charge in [-0.1, -0.05) is 12.1 Å². The van der Waals surface area contributed by atoms with Crippen LogP contribution in [0.25, 0.3) is 0 Å². The Balaban J connectivity index is 2.35. The number of thioether (sulfide) groups is 1. The largest absolute Gasteiger partial charge is 0.481 e. The monoisotopic (exact) mass is 353 g/mol. The van der Waals surface area contributed by atoms with Gasteiger partial charge in [0.1, 0.15) is 5.75 Å². The number of carbonyl (C=O) groups excluding carboxylic acids is 3. The number of amides is 3. The molecule has 132 valence electrons. The first-order valence-corrected chi connectivity index (χ1v) is 8.64. The van der Waals surface area contributed by atoms with E-state index in [0.29, 0.717) is 11.5 Å². The van der Waals surface area contributed by atoms with Crippen LogP contribution >= 0.6 is 11.8 Å². The van der Waals surface area contributed by atoms with Gasteiger partial charge in [0, 0.05) is 12.2 Å². The molecule has 0 spiro atoms. The lowest BCUT2D eigenvalue weighted by molar-refractivity contribution is -0.132. The molecule has 0 saturated carbocycles. The Morgan fingerprint density at radius 1 is 1.25 bits per heavy atom. The van der Waals surface area contributed by atoms with Gasteiger partial charge in [0.15, 0.2) is 6.10 Å². The van der Waals surface area contributed by atoms with E-state index in [1.54, 1.807) is 13.0 Å². The van der Waals surface area contributed by atoms with Crippen LogP contribution in [0.4, 0.5) is 0 Å². The van der Waals surface area contributed by atoms with Crippen LogP contribution in [0, 0.1) is 13.8 Å². The van der Waals surface area contributed by atoms with Gasteiger partial charge in [-0.25, -0.2) is 0 Å². The molecular weight excluding hydrogens is 330 g/mol. The molecule has 0 saturated heterocycles. The molecule has 0 bridgehead atoms.